The third-order valence-corrected chi connectivity index (χ3v) is 8.23. The van der Waals surface area contributed by atoms with Gasteiger partial charge in [-0.1, -0.05) is 0 Å². The third kappa shape index (κ3) is 7.14. The highest BCUT2D eigenvalue weighted by atomic mass is 35.5. The van der Waals surface area contributed by atoms with Gasteiger partial charge in [-0.15, -0.1) is 24.8 Å². The van der Waals surface area contributed by atoms with Crippen molar-refractivity contribution in [2.45, 2.75) is 37.2 Å². The van der Waals surface area contributed by atoms with E-state index in [1.165, 1.54) is 23.5 Å². The van der Waals surface area contributed by atoms with Crippen LogP contribution in [0.15, 0.2) is 47.4 Å². The highest BCUT2D eigenvalue weighted by Crippen LogP contribution is 2.35. The summed E-state index contributed by atoms with van der Waals surface area (Å²) < 4.78 is 35.3. The number of hydrogen-bond acceptors (Lipinski definition) is 7. The molecule has 4 N–H and O–H groups in total. The van der Waals surface area contributed by atoms with Crippen LogP contribution in [0.25, 0.3) is 10.9 Å². The third-order valence-electron chi connectivity index (χ3n) is 6.37. The van der Waals surface area contributed by atoms with Crippen LogP contribution in [-0.4, -0.2) is 56.4 Å². The number of nitrogens with zero attached hydrogens (tertiary/aromatic N) is 2. The quantitative estimate of drug-likeness (QED) is 0.164. The number of methoxy groups -OCH3 is 1. The Labute approximate surface area is 239 Å². The normalized spacial score (nSPS) is 13.0. The number of carbonyl (C=O) groups excluding carboxylic acids is 2. The zero-order valence-electron chi connectivity index (χ0n) is 21.4. The molecule has 39 heavy (non-hydrogen) atoms. The molecule has 0 aliphatic carbocycles. The number of carbonyl (C=O) groups is 2. The molecule has 0 radical (unpaired) electrons. The number of sulfonamides is 1. The Morgan fingerprint density at radius 1 is 1.10 bits per heavy atom. The molecule has 11 nitrogen and oxygen atoms in total. The van der Waals surface area contributed by atoms with Crippen molar-refractivity contribution < 1.29 is 27.6 Å². The Hall–Kier alpha value is -3.03. The highest BCUT2D eigenvalue weighted by molar-refractivity contribution is 7.89. The summed E-state index contributed by atoms with van der Waals surface area (Å²) in [5.41, 5.74) is 10.2. The smallest absolute Gasteiger partial charge is 0.243 e. The van der Waals surface area contributed by atoms with Gasteiger partial charge in [-0.2, -0.15) is 9.79 Å². The first-order valence-electron chi connectivity index (χ1n) is 12.0. The van der Waals surface area contributed by atoms with Gasteiger partial charge in [-0.3, -0.25) is 9.59 Å². The number of fused-ring (bicyclic) bond motifs is 3. The van der Waals surface area contributed by atoms with Crippen molar-refractivity contribution in [3.63, 3.8) is 0 Å². The monoisotopic (exact) mass is 601 g/mol. The molecule has 2 aromatic carbocycles. The van der Waals surface area contributed by atoms with Gasteiger partial charge < -0.3 is 25.2 Å². The van der Waals surface area contributed by atoms with Crippen LogP contribution < -0.4 is 26.1 Å². The van der Waals surface area contributed by atoms with Gasteiger partial charge in [-0.05, 0) is 73.8 Å². The Morgan fingerprint density at radius 3 is 2.49 bits per heavy atom. The van der Waals surface area contributed by atoms with Crippen molar-refractivity contribution in [1.29, 1.82) is 0 Å². The summed E-state index contributed by atoms with van der Waals surface area (Å²) >= 11 is 0. The fourth-order valence-electron chi connectivity index (χ4n) is 4.53. The predicted octanol–water partition coefficient (Wildman–Crippen LogP) is 2.14. The van der Waals surface area contributed by atoms with Crippen molar-refractivity contribution in [2.24, 2.45) is 5.73 Å². The van der Waals surface area contributed by atoms with Gasteiger partial charge in [0, 0.05) is 29.7 Å². The van der Waals surface area contributed by atoms with E-state index in [2.05, 4.69) is 10.8 Å². The van der Waals surface area contributed by atoms with Gasteiger partial charge in [0.25, 0.3) is 0 Å². The Kier molecular flexibility index (Phi) is 11.9. The van der Waals surface area contributed by atoms with Crippen LogP contribution in [0.5, 0.6) is 11.5 Å². The van der Waals surface area contributed by atoms with E-state index < -0.39 is 10.0 Å². The van der Waals surface area contributed by atoms with E-state index in [1.54, 1.807) is 30.3 Å². The lowest BCUT2D eigenvalue weighted by Crippen LogP contribution is -2.37. The Balaban J connectivity index is 0.00000267. The van der Waals surface area contributed by atoms with Gasteiger partial charge in [0.1, 0.15) is 12.3 Å². The lowest BCUT2D eigenvalue weighted by atomic mass is 10.0. The van der Waals surface area contributed by atoms with Crippen LogP contribution in [0, 0.1) is 0 Å². The molecule has 0 saturated carbocycles. The minimum absolute atomic E-state index is 0. The van der Waals surface area contributed by atoms with Crippen LogP contribution in [0.2, 0.25) is 0 Å². The molecule has 0 atom stereocenters. The summed E-state index contributed by atoms with van der Waals surface area (Å²) in [6.07, 6.45) is 2.49. The summed E-state index contributed by atoms with van der Waals surface area (Å²) in [6.45, 7) is 1.51. The van der Waals surface area contributed by atoms with Crippen molar-refractivity contribution in [2.75, 3.05) is 26.7 Å². The molecule has 1 aliphatic heterocycles. The van der Waals surface area contributed by atoms with Gasteiger partial charge in [0.15, 0.2) is 5.75 Å². The number of rotatable bonds is 12. The predicted molar refractivity (Wildman–Crippen MR) is 152 cm³/mol. The molecule has 4 rings (SSSR count). The molecule has 2 heterocycles. The summed E-state index contributed by atoms with van der Waals surface area (Å²) in [4.78, 5) is 28.9. The molecule has 214 valence electrons. The fraction of sp³-hybridized carbons (Fsp3) is 0.360. The highest BCUT2D eigenvalue weighted by Gasteiger charge is 2.32. The second-order valence-corrected chi connectivity index (χ2v) is 10.6. The largest absolute Gasteiger partial charge is 0.497 e. The number of hydroxylamine groups is 1. The second kappa shape index (κ2) is 14.4. The number of aromatic nitrogens is 1. The lowest BCUT2D eigenvalue weighted by molar-refractivity contribution is -0.121. The van der Waals surface area contributed by atoms with Gasteiger partial charge >= 0.3 is 0 Å². The summed E-state index contributed by atoms with van der Waals surface area (Å²) in [5, 5.41) is 3.76. The van der Waals surface area contributed by atoms with E-state index in [0.717, 1.165) is 35.0 Å². The molecular formula is C25H33Cl2N5O6S. The van der Waals surface area contributed by atoms with Crippen molar-refractivity contribution >= 4 is 58.1 Å². The fourth-order valence-corrected chi connectivity index (χ4v) is 5.94. The average molecular weight is 603 g/mol. The Bertz CT molecular complexity index is 1380. The molecule has 0 unspecified atom stereocenters. The molecule has 14 heteroatoms. The number of amides is 2. The molecular weight excluding hydrogens is 569 g/mol. The summed E-state index contributed by atoms with van der Waals surface area (Å²) in [7, 11) is -2.25. The van der Waals surface area contributed by atoms with E-state index in [4.69, 9.17) is 15.3 Å². The summed E-state index contributed by atoms with van der Waals surface area (Å²) in [6, 6.07) is 11.6. The van der Waals surface area contributed by atoms with E-state index >= 15 is 0 Å². The van der Waals surface area contributed by atoms with Crippen molar-refractivity contribution in [3.05, 3.63) is 53.7 Å². The second-order valence-electron chi connectivity index (χ2n) is 8.64. The zero-order valence-corrected chi connectivity index (χ0v) is 23.9. The maximum Gasteiger partial charge on any atom is 0.243 e. The average Bonchev–Trinajstić information content (AvgIpc) is 3.22. The molecule has 0 fully saturated rings. The Morgan fingerprint density at radius 2 is 1.82 bits per heavy atom. The maximum atomic E-state index is 13.4. The van der Waals surface area contributed by atoms with Crippen LogP contribution in [0.1, 0.15) is 24.1 Å². The molecule has 0 spiro atoms. The topological polar surface area (TPSA) is 145 Å². The van der Waals surface area contributed by atoms with Gasteiger partial charge in [-0.25, -0.2) is 8.42 Å². The van der Waals surface area contributed by atoms with Crippen LogP contribution in [0.4, 0.5) is 0 Å². The molecule has 0 saturated heterocycles. The number of halogens is 2. The SMILES string of the molecule is COc1ccc(S(=O)(=O)N2CCc3c(n(CC(=O)NCCCCN)c4ccc(ONC=O)cc34)C2)cc1.Cl.Cl. The number of benzene rings is 2. The molecule has 1 aliphatic rings. The number of hydrogen-bond donors (Lipinski definition) is 3. The van der Waals surface area contributed by atoms with E-state index in [9.17, 15) is 18.0 Å². The lowest BCUT2D eigenvalue weighted by Gasteiger charge is -2.28. The van der Waals surface area contributed by atoms with Gasteiger partial charge in [0.2, 0.25) is 22.3 Å². The first-order chi connectivity index (χ1) is 17.9. The molecule has 3 aromatic rings. The number of ether oxygens (including phenoxy) is 1. The first kappa shape index (κ1) is 32.2. The van der Waals surface area contributed by atoms with Crippen LogP contribution >= 0.6 is 24.8 Å². The van der Waals surface area contributed by atoms with E-state index in [0.29, 0.717) is 37.4 Å². The molecule has 0 bridgehead atoms. The first-order valence-corrected chi connectivity index (χ1v) is 13.4. The van der Waals surface area contributed by atoms with Crippen molar-refractivity contribution in [1.82, 2.24) is 19.7 Å². The van der Waals surface area contributed by atoms with Crippen molar-refractivity contribution in [3.8, 4) is 11.5 Å². The minimum Gasteiger partial charge on any atom is -0.497 e. The number of nitrogens with two attached hydrogens (primary N) is 1. The van der Waals surface area contributed by atoms with Crippen LogP contribution in [0.3, 0.4) is 0 Å². The van der Waals surface area contributed by atoms with Crippen LogP contribution in [-0.2, 0) is 39.1 Å². The molecule has 2 amide bonds. The number of nitrogens with one attached hydrogen (secondary N) is 2. The van der Waals surface area contributed by atoms with Gasteiger partial charge in [0.05, 0.1) is 18.6 Å². The maximum absolute atomic E-state index is 13.4. The standard InChI is InChI=1S/C25H31N5O6S.2ClH/c1-35-18-4-7-20(8-5-18)37(33,34)29-13-10-21-22-14-19(36-28-17-31)6-9-23(22)30(24(21)15-29)16-25(32)27-12-3-2-11-26;;/h4-9,14,17H,2-3,10-13,15-16,26H2,1H3,(H,27,32)(H,28,31);2*1H. The minimum atomic E-state index is -3.77. The van der Waals surface area contributed by atoms with E-state index in [-0.39, 0.29) is 55.3 Å². The zero-order chi connectivity index (χ0) is 26.4. The number of unbranched alkanes of at least 4 members (excludes halogenated alkanes) is 1. The van der Waals surface area contributed by atoms with E-state index in [1.807, 2.05) is 4.57 Å². The summed E-state index contributed by atoms with van der Waals surface area (Å²) in [5.74, 6) is 0.827. The molecule has 1 aromatic heterocycles.